The SMILES string of the molecule is COc1ccc(Br)c(CNc2ccc(C(=O)O)c(Cl)c2)c1OC. The van der Waals surface area contributed by atoms with Crippen molar-refractivity contribution in [3.05, 3.63) is 51.0 Å². The summed E-state index contributed by atoms with van der Waals surface area (Å²) in [6.45, 7) is 0.448. The molecule has 2 rings (SSSR count). The fraction of sp³-hybridized carbons (Fsp3) is 0.188. The van der Waals surface area contributed by atoms with E-state index in [0.29, 0.717) is 23.7 Å². The molecule has 0 radical (unpaired) electrons. The first-order valence-corrected chi connectivity index (χ1v) is 7.81. The lowest BCUT2D eigenvalue weighted by atomic mass is 10.1. The normalized spacial score (nSPS) is 10.3. The van der Waals surface area contributed by atoms with Crippen molar-refractivity contribution in [1.82, 2.24) is 0 Å². The predicted molar refractivity (Wildman–Crippen MR) is 93.0 cm³/mol. The smallest absolute Gasteiger partial charge is 0.337 e. The predicted octanol–water partition coefficient (Wildman–Crippen LogP) is 4.43. The van der Waals surface area contributed by atoms with Gasteiger partial charge in [0.05, 0.1) is 24.8 Å². The van der Waals surface area contributed by atoms with Crippen LogP contribution in [0.1, 0.15) is 15.9 Å². The van der Waals surface area contributed by atoms with Crippen LogP contribution >= 0.6 is 27.5 Å². The van der Waals surface area contributed by atoms with Gasteiger partial charge in [0, 0.05) is 22.3 Å². The summed E-state index contributed by atoms with van der Waals surface area (Å²) in [7, 11) is 3.15. The van der Waals surface area contributed by atoms with E-state index in [1.807, 2.05) is 12.1 Å². The van der Waals surface area contributed by atoms with E-state index < -0.39 is 5.97 Å². The molecule has 0 spiro atoms. The number of carboxylic acids is 1. The van der Waals surface area contributed by atoms with Gasteiger partial charge in [0.2, 0.25) is 0 Å². The van der Waals surface area contributed by atoms with Crippen LogP contribution in [0.4, 0.5) is 5.69 Å². The first-order valence-electron chi connectivity index (χ1n) is 6.64. The minimum absolute atomic E-state index is 0.0670. The van der Waals surface area contributed by atoms with E-state index >= 15 is 0 Å². The maximum Gasteiger partial charge on any atom is 0.337 e. The number of hydrogen-bond acceptors (Lipinski definition) is 4. The van der Waals surface area contributed by atoms with Gasteiger partial charge in [-0.1, -0.05) is 27.5 Å². The van der Waals surface area contributed by atoms with Gasteiger partial charge in [0.1, 0.15) is 0 Å². The minimum atomic E-state index is -1.06. The third kappa shape index (κ3) is 3.89. The number of carbonyl (C=O) groups is 1. The van der Waals surface area contributed by atoms with E-state index in [4.69, 9.17) is 26.2 Å². The fourth-order valence-corrected chi connectivity index (χ4v) is 2.83. The average molecular weight is 401 g/mol. The number of rotatable bonds is 6. The molecule has 7 heteroatoms. The van der Waals surface area contributed by atoms with Crippen LogP contribution in [0, 0.1) is 0 Å². The third-order valence-corrected chi connectivity index (χ3v) is 4.32. The highest BCUT2D eigenvalue weighted by Crippen LogP contribution is 2.36. The first kappa shape index (κ1) is 17.4. The molecule has 23 heavy (non-hydrogen) atoms. The second-order valence-electron chi connectivity index (χ2n) is 4.61. The minimum Gasteiger partial charge on any atom is -0.493 e. The summed E-state index contributed by atoms with van der Waals surface area (Å²) in [5.74, 6) is 0.202. The van der Waals surface area contributed by atoms with Crippen molar-refractivity contribution in [3.63, 3.8) is 0 Å². The number of nitrogens with one attached hydrogen (secondary N) is 1. The summed E-state index contributed by atoms with van der Waals surface area (Å²) in [6.07, 6.45) is 0. The van der Waals surface area contributed by atoms with Crippen LogP contribution in [0.3, 0.4) is 0 Å². The molecule has 0 aromatic heterocycles. The molecule has 122 valence electrons. The maximum absolute atomic E-state index is 11.0. The molecule has 0 aliphatic carbocycles. The highest BCUT2D eigenvalue weighted by Gasteiger charge is 2.14. The zero-order chi connectivity index (χ0) is 17.0. The van der Waals surface area contributed by atoms with Gasteiger partial charge in [-0.3, -0.25) is 0 Å². The van der Waals surface area contributed by atoms with Gasteiger partial charge in [-0.2, -0.15) is 0 Å². The molecule has 0 saturated carbocycles. The van der Waals surface area contributed by atoms with Crippen LogP contribution in [0.15, 0.2) is 34.8 Å². The maximum atomic E-state index is 11.0. The monoisotopic (exact) mass is 399 g/mol. The van der Waals surface area contributed by atoms with Gasteiger partial charge in [-0.15, -0.1) is 0 Å². The lowest BCUT2D eigenvalue weighted by Gasteiger charge is -2.15. The Labute approximate surface area is 147 Å². The largest absolute Gasteiger partial charge is 0.493 e. The Morgan fingerprint density at radius 2 is 2.00 bits per heavy atom. The van der Waals surface area contributed by atoms with E-state index in [1.54, 1.807) is 26.4 Å². The second-order valence-corrected chi connectivity index (χ2v) is 5.88. The standard InChI is InChI=1S/C16H15BrClNO4/c1-22-14-6-5-12(17)11(15(14)23-2)8-19-9-3-4-10(16(20)21)13(18)7-9/h3-7,19H,8H2,1-2H3,(H,20,21). The highest BCUT2D eigenvalue weighted by atomic mass is 79.9. The van der Waals surface area contributed by atoms with E-state index in [0.717, 1.165) is 10.0 Å². The highest BCUT2D eigenvalue weighted by molar-refractivity contribution is 9.10. The van der Waals surface area contributed by atoms with E-state index in [2.05, 4.69) is 21.2 Å². The molecule has 5 nitrogen and oxygen atoms in total. The van der Waals surface area contributed by atoms with Crippen LogP contribution in [0.5, 0.6) is 11.5 Å². The van der Waals surface area contributed by atoms with E-state index in [9.17, 15) is 4.79 Å². The summed E-state index contributed by atoms with van der Waals surface area (Å²) >= 11 is 9.46. The molecule has 2 aromatic rings. The molecule has 0 aliphatic rings. The number of aromatic carboxylic acids is 1. The van der Waals surface area contributed by atoms with Crippen LogP contribution in [-0.2, 0) is 6.54 Å². The number of benzene rings is 2. The first-order chi connectivity index (χ1) is 11.0. The Hall–Kier alpha value is -1.92. The molecule has 0 bridgehead atoms. The molecule has 2 aromatic carbocycles. The van der Waals surface area contributed by atoms with Gasteiger partial charge >= 0.3 is 5.97 Å². The van der Waals surface area contributed by atoms with Crippen molar-refractivity contribution in [1.29, 1.82) is 0 Å². The summed E-state index contributed by atoms with van der Waals surface area (Å²) in [6, 6.07) is 8.39. The summed E-state index contributed by atoms with van der Waals surface area (Å²) in [4.78, 5) is 11.0. The number of carboxylic acid groups (broad SMARTS) is 1. The molecule has 0 aliphatic heterocycles. The molecule has 0 fully saturated rings. The molecule has 2 N–H and O–H groups in total. The Kier molecular flexibility index (Phi) is 5.74. The Balaban J connectivity index is 2.24. The van der Waals surface area contributed by atoms with Crippen molar-refractivity contribution in [2.24, 2.45) is 0 Å². The van der Waals surface area contributed by atoms with Gasteiger partial charge in [0.25, 0.3) is 0 Å². The Bertz CT molecular complexity index is 736. The average Bonchev–Trinajstić information content (AvgIpc) is 2.53. The van der Waals surface area contributed by atoms with Crippen molar-refractivity contribution >= 4 is 39.2 Å². The molecule has 0 atom stereocenters. The van der Waals surface area contributed by atoms with Gasteiger partial charge in [-0.05, 0) is 30.3 Å². The van der Waals surface area contributed by atoms with Crippen LogP contribution in [0.2, 0.25) is 5.02 Å². The van der Waals surface area contributed by atoms with Crippen molar-refractivity contribution in [3.8, 4) is 11.5 Å². The number of hydrogen-bond donors (Lipinski definition) is 2. The fourth-order valence-electron chi connectivity index (χ4n) is 2.12. The van der Waals surface area contributed by atoms with Gasteiger partial charge in [-0.25, -0.2) is 4.79 Å². The van der Waals surface area contributed by atoms with Gasteiger partial charge < -0.3 is 19.9 Å². The Morgan fingerprint density at radius 1 is 1.26 bits per heavy atom. The molecule has 0 heterocycles. The van der Waals surface area contributed by atoms with Crippen molar-refractivity contribution < 1.29 is 19.4 Å². The molecular weight excluding hydrogens is 386 g/mol. The quantitative estimate of drug-likeness (QED) is 0.751. The molecule has 0 unspecified atom stereocenters. The van der Waals surface area contributed by atoms with Crippen LogP contribution in [0.25, 0.3) is 0 Å². The topological polar surface area (TPSA) is 67.8 Å². The molecule has 0 saturated heterocycles. The second kappa shape index (κ2) is 7.57. The zero-order valence-corrected chi connectivity index (χ0v) is 14.9. The molecule has 0 amide bonds. The summed E-state index contributed by atoms with van der Waals surface area (Å²) in [5.41, 5.74) is 1.65. The number of anilines is 1. The molecular formula is C16H15BrClNO4. The van der Waals surface area contributed by atoms with Crippen LogP contribution in [-0.4, -0.2) is 25.3 Å². The van der Waals surface area contributed by atoms with E-state index in [1.165, 1.54) is 6.07 Å². The van der Waals surface area contributed by atoms with Crippen molar-refractivity contribution in [2.75, 3.05) is 19.5 Å². The lowest BCUT2D eigenvalue weighted by molar-refractivity contribution is 0.0697. The van der Waals surface area contributed by atoms with Crippen molar-refractivity contribution in [2.45, 2.75) is 6.54 Å². The summed E-state index contributed by atoms with van der Waals surface area (Å²) in [5, 5.41) is 12.4. The Morgan fingerprint density at radius 3 is 2.57 bits per heavy atom. The number of methoxy groups -OCH3 is 2. The number of halogens is 2. The zero-order valence-electron chi connectivity index (χ0n) is 12.5. The van der Waals surface area contributed by atoms with Crippen LogP contribution < -0.4 is 14.8 Å². The third-order valence-electron chi connectivity index (χ3n) is 3.26. The lowest BCUT2D eigenvalue weighted by Crippen LogP contribution is -2.05. The summed E-state index contributed by atoms with van der Waals surface area (Å²) < 4.78 is 11.6. The number of ether oxygens (including phenoxy) is 2. The van der Waals surface area contributed by atoms with E-state index in [-0.39, 0.29) is 10.6 Å². The van der Waals surface area contributed by atoms with Gasteiger partial charge in [0.15, 0.2) is 11.5 Å².